The lowest BCUT2D eigenvalue weighted by molar-refractivity contribution is -0.141. The predicted octanol–water partition coefficient (Wildman–Crippen LogP) is 2.48. The van der Waals surface area contributed by atoms with Crippen LogP contribution in [-0.2, 0) is 22.4 Å². The maximum Gasteiger partial charge on any atom is 0.305 e. The number of morpholine rings is 1. The van der Waals surface area contributed by atoms with Gasteiger partial charge < -0.3 is 9.84 Å². The van der Waals surface area contributed by atoms with E-state index >= 15 is 0 Å². The van der Waals surface area contributed by atoms with Crippen molar-refractivity contribution in [3.05, 3.63) is 33.8 Å². The Morgan fingerprint density at radius 2 is 2.29 bits per heavy atom. The van der Waals surface area contributed by atoms with Gasteiger partial charge in [0.05, 0.1) is 19.6 Å². The Morgan fingerprint density at radius 1 is 1.43 bits per heavy atom. The van der Waals surface area contributed by atoms with E-state index in [-0.39, 0.29) is 12.5 Å². The highest BCUT2D eigenvalue weighted by Crippen LogP contribution is 2.29. The lowest BCUT2D eigenvalue weighted by atomic mass is 9.86. The minimum Gasteiger partial charge on any atom is -0.481 e. The highest BCUT2D eigenvalue weighted by molar-refractivity contribution is 9.10. The second kappa shape index (κ2) is 6.46. The minimum atomic E-state index is -0.740. The van der Waals surface area contributed by atoms with Gasteiger partial charge in [0.15, 0.2) is 0 Å². The lowest BCUT2D eigenvalue weighted by Gasteiger charge is -2.42. The molecule has 0 amide bonds. The highest BCUT2D eigenvalue weighted by atomic mass is 79.9. The maximum absolute atomic E-state index is 11.0. The third-order valence-electron chi connectivity index (χ3n) is 4.52. The molecule has 2 aliphatic rings. The van der Waals surface area contributed by atoms with Crippen molar-refractivity contribution < 1.29 is 14.6 Å². The summed E-state index contributed by atoms with van der Waals surface area (Å²) in [6.07, 6.45) is 3.35. The zero-order valence-corrected chi connectivity index (χ0v) is 13.5. The van der Waals surface area contributed by atoms with Crippen LogP contribution in [0.1, 0.15) is 24.0 Å². The summed E-state index contributed by atoms with van der Waals surface area (Å²) >= 11 is 3.53. The third kappa shape index (κ3) is 3.47. The first-order chi connectivity index (χ1) is 10.1. The first kappa shape index (κ1) is 15.0. The van der Waals surface area contributed by atoms with Crippen LogP contribution in [0, 0.1) is 0 Å². The van der Waals surface area contributed by atoms with Crippen molar-refractivity contribution in [2.45, 2.75) is 37.8 Å². The summed E-state index contributed by atoms with van der Waals surface area (Å²) in [5.41, 5.74) is 2.82. The highest BCUT2D eigenvalue weighted by Gasteiger charge is 2.32. The molecule has 0 saturated carbocycles. The van der Waals surface area contributed by atoms with Crippen molar-refractivity contribution in [2.75, 3.05) is 19.8 Å². The number of carboxylic acids is 1. The number of halogens is 1. The fraction of sp³-hybridized carbons (Fsp3) is 0.562. The molecular formula is C16H20BrNO3. The van der Waals surface area contributed by atoms with Crippen LogP contribution in [0.15, 0.2) is 22.7 Å². The molecule has 1 aromatic carbocycles. The topological polar surface area (TPSA) is 49.8 Å². The Labute approximate surface area is 133 Å². The number of benzene rings is 1. The molecule has 1 aliphatic carbocycles. The molecule has 0 radical (unpaired) electrons. The van der Waals surface area contributed by atoms with Crippen molar-refractivity contribution in [2.24, 2.45) is 0 Å². The molecule has 1 saturated heterocycles. The van der Waals surface area contributed by atoms with Crippen LogP contribution in [0.4, 0.5) is 0 Å². The number of aryl methyl sites for hydroxylation is 1. The van der Waals surface area contributed by atoms with Crippen molar-refractivity contribution in [3.8, 4) is 0 Å². The van der Waals surface area contributed by atoms with Gasteiger partial charge in [0.25, 0.3) is 0 Å². The molecule has 3 rings (SSSR count). The van der Waals surface area contributed by atoms with Crippen LogP contribution >= 0.6 is 15.9 Å². The number of nitrogens with zero attached hydrogens (tertiary/aromatic N) is 1. The number of ether oxygens (including phenoxy) is 1. The fourth-order valence-electron chi connectivity index (χ4n) is 3.51. The number of fused-ring (bicyclic) bond motifs is 1. The summed E-state index contributed by atoms with van der Waals surface area (Å²) in [5.74, 6) is -0.740. The summed E-state index contributed by atoms with van der Waals surface area (Å²) in [4.78, 5) is 13.4. The van der Waals surface area contributed by atoms with Crippen molar-refractivity contribution in [3.63, 3.8) is 0 Å². The summed E-state index contributed by atoms with van der Waals surface area (Å²) in [6, 6.07) is 6.94. The Bertz CT molecular complexity index is 534. The summed E-state index contributed by atoms with van der Waals surface area (Å²) < 4.78 is 6.61. The minimum absolute atomic E-state index is 0.0123. The van der Waals surface area contributed by atoms with E-state index in [0.29, 0.717) is 19.3 Å². The normalized spacial score (nSPS) is 26.3. The largest absolute Gasteiger partial charge is 0.481 e. The molecule has 2 unspecified atom stereocenters. The zero-order chi connectivity index (χ0) is 14.8. The number of rotatable bonds is 3. The van der Waals surface area contributed by atoms with Crippen LogP contribution in [-0.4, -0.2) is 47.8 Å². The molecule has 0 aromatic heterocycles. The molecule has 0 spiro atoms. The quantitative estimate of drug-likeness (QED) is 0.906. The molecule has 0 bridgehead atoms. The molecule has 4 nitrogen and oxygen atoms in total. The standard InChI is InChI=1S/C16H20BrNO3/c17-13-3-1-12-8-14(4-2-11(12)7-13)18-5-6-21-10-15(18)9-16(19)20/h1,3,7,14-15H,2,4-6,8-10H2,(H,19,20). The third-order valence-corrected chi connectivity index (χ3v) is 5.02. The number of hydrogen-bond acceptors (Lipinski definition) is 3. The monoisotopic (exact) mass is 353 g/mol. The molecule has 1 N–H and O–H groups in total. The zero-order valence-electron chi connectivity index (χ0n) is 11.9. The maximum atomic E-state index is 11.0. The van der Waals surface area contributed by atoms with Gasteiger partial charge >= 0.3 is 5.97 Å². The predicted molar refractivity (Wildman–Crippen MR) is 83.5 cm³/mol. The first-order valence-corrected chi connectivity index (χ1v) is 8.25. The molecule has 21 heavy (non-hydrogen) atoms. The second-order valence-corrected chi connectivity index (χ2v) is 6.79. The SMILES string of the molecule is O=C(O)CC1COCCN1C1CCc2cc(Br)ccc2C1. The van der Waals surface area contributed by atoms with Crippen LogP contribution in [0.5, 0.6) is 0 Å². The summed E-state index contributed by atoms with van der Waals surface area (Å²) in [6.45, 7) is 2.09. The van der Waals surface area contributed by atoms with E-state index in [1.54, 1.807) is 0 Å². The van der Waals surface area contributed by atoms with Crippen LogP contribution in [0.3, 0.4) is 0 Å². The lowest BCUT2D eigenvalue weighted by Crippen LogP contribution is -2.53. The Balaban J connectivity index is 1.74. The molecule has 1 fully saturated rings. The molecule has 114 valence electrons. The van der Waals surface area contributed by atoms with E-state index < -0.39 is 5.97 Å². The van der Waals surface area contributed by atoms with Gasteiger partial charge in [-0.25, -0.2) is 0 Å². The molecule has 2 atom stereocenters. The smallest absolute Gasteiger partial charge is 0.305 e. The van der Waals surface area contributed by atoms with Gasteiger partial charge in [-0.1, -0.05) is 22.0 Å². The number of hydrogen-bond donors (Lipinski definition) is 1. The second-order valence-electron chi connectivity index (χ2n) is 5.87. The first-order valence-electron chi connectivity index (χ1n) is 7.46. The molecule has 1 heterocycles. The van der Waals surface area contributed by atoms with Gasteiger partial charge in [-0.2, -0.15) is 0 Å². The van der Waals surface area contributed by atoms with Gasteiger partial charge in [-0.15, -0.1) is 0 Å². The van der Waals surface area contributed by atoms with Gasteiger partial charge in [0.1, 0.15) is 0 Å². The van der Waals surface area contributed by atoms with Gasteiger partial charge in [0, 0.05) is 23.1 Å². The van der Waals surface area contributed by atoms with E-state index in [9.17, 15) is 4.79 Å². The van der Waals surface area contributed by atoms with Crippen LogP contribution in [0.25, 0.3) is 0 Å². The Morgan fingerprint density at radius 3 is 3.10 bits per heavy atom. The van der Waals surface area contributed by atoms with Gasteiger partial charge in [-0.05, 0) is 42.5 Å². The van der Waals surface area contributed by atoms with Crippen molar-refractivity contribution in [1.82, 2.24) is 4.90 Å². The number of carboxylic acid groups (broad SMARTS) is 1. The molecule has 1 aromatic rings. The van der Waals surface area contributed by atoms with Crippen molar-refractivity contribution >= 4 is 21.9 Å². The summed E-state index contributed by atoms with van der Waals surface area (Å²) in [5, 5.41) is 9.08. The fourth-order valence-corrected chi connectivity index (χ4v) is 3.92. The van der Waals surface area contributed by atoms with Crippen molar-refractivity contribution in [1.29, 1.82) is 0 Å². The molecular weight excluding hydrogens is 334 g/mol. The number of aliphatic carboxylic acids is 1. The Kier molecular flexibility index (Phi) is 4.62. The van der Waals surface area contributed by atoms with E-state index in [4.69, 9.17) is 9.84 Å². The Hall–Kier alpha value is -0.910. The van der Waals surface area contributed by atoms with Gasteiger partial charge in [-0.3, -0.25) is 9.69 Å². The molecule has 5 heteroatoms. The average molecular weight is 354 g/mol. The average Bonchev–Trinajstić information content (AvgIpc) is 2.47. The van der Waals surface area contributed by atoms with Crippen LogP contribution < -0.4 is 0 Å². The van der Waals surface area contributed by atoms with Crippen LogP contribution in [0.2, 0.25) is 0 Å². The van der Waals surface area contributed by atoms with Gasteiger partial charge in [0.2, 0.25) is 0 Å². The van der Waals surface area contributed by atoms with E-state index in [1.807, 2.05) is 0 Å². The van der Waals surface area contributed by atoms with E-state index in [2.05, 4.69) is 39.0 Å². The van der Waals surface area contributed by atoms with E-state index in [1.165, 1.54) is 11.1 Å². The van der Waals surface area contributed by atoms with E-state index in [0.717, 1.165) is 30.3 Å². The number of carbonyl (C=O) groups is 1. The summed E-state index contributed by atoms with van der Waals surface area (Å²) in [7, 11) is 0. The molecule has 1 aliphatic heterocycles.